The largest absolute Gasteiger partial charge is 0.389 e. The summed E-state index contributed by atoms with van der Waals surface area (Å²) in [4.78, 5) is 4.80. The van der Waals surface area contributed by atoms with Crippen LogP contribution in [-0.2, 0) is 0 Å². The minimum absolute atomic E-state index is 0.508. The second-order valence-corrected chi connectivity index (χ2v) is 6.01. The van der Waals surface area contributed by atoms with Gasteiger partial charge in [0.05, 0.1) is 10.7 Å². The first-order valence-electron chi connectivity index (χ1n) is 6.48. The maximum Gasteiger partial charge on any atom is 0.110 e. The molecule has 2 N–H and O–H groups in total. The molecule has 90 valence electrons. The third kappa shape index (κ3) is 2.40. The Morgan fingerprint density at radius 2 is 2.06 bits per heavy atom. The molecular weight excluding hydrogens is 216 g/mol. The van der Waals surface area contributed by atoms with Crippen LogP contribution in [0.4, 0.5) is 5.00 Å². The molecule has 0 saturated heterocycles. The molecule has 1 fully saturated rings. The number of aromatic nitrogens is 1. The number of nitrogens with zero attached hydrogens (tertiary/aromatic N) is 1. The Balaban J connectivity index is 2.16. The molecule has 0 radical (unpaired) electrons. The van der Waals surface area contributed by atoms with Gasteiger partial charge in [-0.25, -0.2) is 4.98 Å². The van der Waals surface area contributed by atoms with Crippen molar-refractivity contribution in [2.45, 2.75) is 64.2 Å². The van der Waals surface area contributed by atoms with E-state index in [1.165, 1.54) is 37.1 Å². The van der Waals surface area contributed by atoms with E-state index in [1.807, 2.05) is 0 Å². The van der Waals surface area contributed by atoms with Crippen LogP contribution in [0.5, 0.6) is 0 Å². The van der Waals surface area contributed by atoms with Crippen molar-refractivity contribution < 1.29 is 0 Å². The average molecular weight is 238 g/mol. The van der Waals surface area contributed by atoms with Crippen molar-refractivity contribution in [1.29, 1.82) is 0 Å². The molecule has 16 heavy (non-hydrogen) atoms. The summed E-state index contributed by atoms with van der Waals surface area (Å²) in [7, 11) is 0. The van der Waals surface area contributed by atoms with E-state index in [2.05, 4.69) is 13.8 Å². The van der Waals surface area contributed by atoms with E-state index in [4.69, 9.17) is 10.7 Å². The van der Waals surface area contributed by atoms with Gasteiger partial charge in [-0.1, -0.05) is 33.1 Å². The number of thiazole rings is 1. The van der Waals surface area contributed by atoms with Crippen molar-refractivity contribution in [2.24, 2.45) is 0 Å². The highest BCUT2D eigenvalue weighted by molar-refractivity contribution is 7.15. The lowest BCUT2D eigenvalue weighted by atomic mass is 9.90. The van der Waals surface area contributed by atoms with Crippen molar-refractivity contribution >= 4 is 16.3 Å². The number of nitrogens with two attached hydrogens (primary N) is 1. The molecule has 1 heterocycles. The van der Waals surface area contributed by atoms with Crippen LogP contribution in [0.2, 0.25) is 0 Å². The Labute approximate surface area is 102 Å². The van der Waals surface area contributed by atoms with Crippen molar-refractivity contribution in [1.82, 2.24) is 4.98 Å². The number of hydrogen-bond donors (Lipinski definition) is 1. The normalized spacial score (nSPS) is 19.9. The summed E-state index contributed by atoms with van der Waals surface area (Å²) in [6.45, 7) is 4.42. The summed E-state index contributed by atoms with van der Waals surface area (Å²) in [6, 6.07) is 0. The summed E-state index contributed by atoms with van der Waals surface area (Å²) in [6.07, 6.45) is 7.87. The standard InChI is InChI=1S/C13H22N2S/c1-3-9(2)11-12(14)16-13(15-11)10-7-5-4-6-8-10/h9-10H,3-8,14H2,1-2H3. The summed E-state index contributed by atoms with van der Waals surface area (Å²) < 4.78 is 0. The van der Waals surface area contributed by atoms with E-state index in [-0.39, 0.29) is 0 Å². The zero-order chi connectivity index (χ0) is 11.5. The van der Waals surface area contributed by atoms with Crippen LogP contribution in [0.15, 0.2) is 0 Å². The SMILES string of the molecule is CCC(C)c1nc(C2CCCCC2)sc1N. The van der Waals surface area contributed by atoms with Gasteiger partial charge in [-0.05, 0) is 19.3 Å². The van der Waals surface area contributed by atoms with Crippen LogP contribution in [-0.4, -0.2) is 4.98 Å². The molecule has 0 bridgehead atoms. The maximum absolute atomic E-state index is 6.08. The zero-order valence-electron chi connectivity index (χ0n) is 10.3. The third-order valence-electron chi connectivity index (χ3n) is 3.73. The molecule has 1 saturated carbocycles. The second-order valence-electron chi connectivity index (χ2n) is 4.95. The van der Waals surface area contributed by atoms with Crippen LogP contribution in [0.1, 0.15) is 74.9 Å². The highest BCUT2D eigenvalue weighted by Gasteiger charge is 2.21. The van der Waals surface area contributed by atoms with Gasteiger partial charge in [0.2, 0.25) is 0 Å². The summed E-state index contributed by atoms with van der Waals surface area (Å²) in [5.74, 6) is 1.20. The molecule has 1 aliphatic rings. The molecule has 2 nitrogen and oxygen atoms in total. The fourth-order valence-corrected chi connectivity index (χ4v) is 3.56. The van der Waals surface area contributed by atoms with Crippen LogP contribution >= 0.6 is 11.3 Å². The van der Waals surface area contributed by atoms with Crippen LogP contribution in [0, 0.1) is 0 Å². The van der Waals surface area contributed by atoms with Gasteiger partial charge in [0.15, 0.2) is 0 Å². The molecule has 0 amide bonds. The highest BCUT2D eigenvalue weighted by atomic mass is 32.1. The number of nitrogen functional groups attached to an aromatic ring is 1. The van der Waals surface area contributed by atoms with Crippen LogP contribution < -0.4 is 5.73 Å². The average Bonchev–Trinajstić information content (AvgIpc) is 2.71. The molecular formula is C13H22N2S. The third-order valence-corrected chi connectivity index (χ3v) is 4.79. The van der Waals surface area contributed by atoms with Gasteiger partial charge in [0, 0.05) is 11.8 Å². The first kappa shape index (κ1) is 11.9. The molecule has 1 aromatic rings. The van der Waals surface area contributed by atoms with Crippen molar-refractivity contribution in [3.05, 3.63) is 10.7 Å². The lowest BCUT2D eigenvalue weighted by molar-refractivity contribution is 0.441. The number of rotatable bonds is 3. The van der Waals surface area contributed by atoms with Gasteiger partial charge in [-0.3, -0.25) is 0 Å². The van der Waals surface area contributed by atoms with Crippen molar-refractivity contribution in [3.63, 3.8) is 0 Å². The smallest absolute Gasteiger partial charge is 0.110 e. The minimum Gasteiger partial charge on any atom is -0.389 e. The fourth-order valence-electron chi connectivity index (χ4n) is 2.43. The monoisotopic (exact) mass is 238 g/mol. The molecule has 1 aliphatic carbocycles. The minimum atomic E-state index is 0.508. The van der Waals surface area contributed by atoms with E-state index < -0.39 is 0 Å². The quantitative estimate of drug-likeness (QED) is 0.853. The fraction of sp³-hybridized carbons (Fsp3) is 0.769. The molecule has 1 unspecified atom stereocenters. The molecule has 1 atom stereocenters. The predicted molar refractivity (Wildman–Crippen MR) is 71.1 cm³/mol. The molecule has 0 aromatic carbocycles. The highest BCUT2D eigenvalue weighted by Crippen LogP contribution is 2.38. The molecule has 2 rings (SSSR count). The Morgan fingerprint density at radius 3 is 2.69 bits per heavy atom. The van der Waals surface area contributed by atoms with Crippen LogP contribution in [0.25, 0.3) is 0 Å². The Kier molecular flexibility index (Phi) is 3.85. The lowest BCUT2D eigenvalue weighted by Crippen LogP contribution is -2.04. The zero-order valence-corrected chi connectivity index (χ0v) is 11.1. The first-order chi connectivity index (χ1) is 7.72. The van der Waals surface area contributed by atoms with Gasteiger partial charge < -0.3 is 5.73 Å². The molecule has 0 aliphatic heterocycles. The molecule has 1 aromatic heterocycles. The predicted octanol–water partition coefficient (Wildman–Crippen LogP) is 4.29. The number of anilines is 1. The maximum atomic E-state index is 6.08. The molecule has 3 heteroatoms. The Morgan fingerprint density at radius 1 is 1.38 bits per heavy atom. The Hall–Kier alpha value is -0.570. The van der Waals surface area contributed by atoms with E-state index in [0.717, 1.165) is 17.1 Å². The van der Waals surface area contributed by atoms with Gasteiger partial charge in [0.25, 0.3) is 0 Å². The first-order valence-corrected chi connectivity index (χ1v) is 7.30. The van der Waals surface area contributed by atoms with Gasteiger partial charge in [-0.15, -0.1) is 11.3 Å². The van der Waals surface area contributed by atoms with Crippen molar-refractivity contribution in [3.8, 4) is 0 Å². The van der Waals surface area contributed by atoms with Crippen LogP contribution in [0.3, 0.4) is 0 Å². The Bertz CT molecular complexity index is 340. The number of hydrogen-bond acceptors (Lipinski definition) is 3. The van der Waals surface area contributed by atoms with Crippen molar-refractivity contribution in [2.75, 3.05) is 5.73 Å². The molecule has 0 spiro atoms. The van der Waals surface area contributed by atoms with Gasteiger partial charge in [0.1, 0.15) is 5.00 Å². The van der Waals surface area contributed by atoms with E-state index >= 15 is 0 Å². The second kappa shape index (κ2) is 5.17. The van der Waals surface area contributed by atoms with E-state index in [0.29, 0.717) is 11.8 Å². The lowest BCUT2D eigenvalue weighted by Gasteiger charge is -2.18. The van der Waals surface area contributed by atoms with E-state index in [1.54, 1.807) is 11.3 Å². The van der Waals surface area contributed by atoms with E-state index in [9.17, 15) is 0 Å². The topological polar surface area (TPSA) is 38.9 Å². The van der Waals surface area contributed by atoms with Gasteiger partial charge in [-0.2, -0.15) is 0 Å². The van der Waals surface area contributed by atoms with Gasteiger partial charge >= 0.3 is 0 Å². The summed E-state index contributed by atoms with van der Waals surface area (Å²) >= 11 is 1.73. The summed E-state index contributed by atoms with van der Waals surface area (Å²) in [5.41, 5.74) is 7.23. The summed E-state index contributed by atoms with van der Waals surface area (Å²) in [5, 5.41) is 2.25.